The highest BCUT2D eigenvalue weighted by Gasteiger charge is 2.31. The number of anilines is 3. The Balaban J connectivity index is 1.46. The fourth-order valence-corrected chi connectivity index (χ4v) is 3.97. The molecule has 0 saturated carbocycles. The molecule has 12 heteroatoms. The third-order valence-corrected chi connectivity index (χ3v) is 5.60. The van der Waals surface area contributed by atoms with Crippen molar-refractivity contribution in [3.8, 4) is 0 Å². The van der Waals surface area contributed by atoms with Crippen molar-refractivity contribution in [2.75, 3.05) is 48.2 Å². The first kappa shape index (κ1) is 20.5. The number of benzene rings is 1. The van der Waals surface area contributed by atoms with E-state index in [0.29, 0.717) is 29.6 Å². The van der Waals surface area contributed by atoms with Gasteiger partial charge in [0.2, 0.25) is 11.5 Å². The molecule has 1 aromatic heterocycles. The van der Waals surface area contributed by atoms with Gasteiger partial charge in [0.1, 0.15) is 18.3 Å². The predicted octanol–water partition coefficient (Wildman–Crippen LogP) is 0.812. The first-order chi connectivity index (χ1) is 14.5. The number of halogens is 1. The number of aromatic nitrogens is 1. The van der Waals surface area contributed by atoms with E-state index in [0.717, 1.165) is 0 Å². The van der Waals surface area contributed by atoms with Crippen molar-refractivity contribution in [1.29, 1.82) is 0 Å². The van der Waals surface area contributed by atoms with Gasteiger partial charge in [-0.25, -0.2) is 19.2 Å². The van der Waals surface area contributed by atoms with Crippen LogP contribution in [0.4, 0.5) is 20.9 Å². The molecule has 3 heterocycles. The van der Waals surface area contributed by atoms with E-state index in [1.54, 1.807) is 27.4 Å². The van der Waals surface area contributed by atoms with Gasteiger partial charge in [0.15, 0.2) is 5.69 Å². The first-order valence-electron chi connectivity index (χ1n) is 9.13. The fourth-order valence-electron chi connectivity index (χ4n) is 3.19. The number of aliphatic hydroxyl groups excluding tert-OH is 2. The van der Waals surface area contributed by atoms with Crippen LogP contribution in [0.1, 0.15) is 10.5 Å². The average Bonchev–Trinajstić information content (AvgIpc) is 3.40. The zero-order chi connectivity index (χ0) is 21.3. The number of hydrogen-bond acceptors (Lipinski definition) is 11. The number of thiazole rings is 1. The summed E-state index contributed by atoms with van der Waals surface area (Å²) < 4.78 is 24.6. The number of carbonyl (C=O) groups excluding carboxylic acids is 1. The quantitative estimate of drug-likeness (QED) is 0.657. The van der Waals surface area contributed by atoms with Gasteiger partial charge in [-0.05, 0) is 18.2 Å². The van der Waals surface area contributed by atoms with Crippen molar-refractivity contribution in [3.63, 3.8) is 0 Å². The van der Waals surface area contributed by atoms with Crippen molar-refractivity contribution >= 4 is 40.2 Å². The smallest absolute Gasteiger partial charge is 0.357 e. The lowest BCUT2D eigenvalue weighted by Gasteiger charge is -2.29. The molecule has 30 heavy (non-hydrogen) atoms. The third kappa shape index (κ3) is 3.94. The van der Waals surface area contributed by atoms with Crippen LogP contribution in [-0.4, -0.2) is 73.4 Å². The maximum Gasteiger partial charge on any atom is 0.357 e. The predicted molar refractivity (Wildman–Crippen MR) is 108 cm³/mol. The third-order valence-electron chi connectivity index (χ3n) is 4.75. The number of carbonyl (C=O) groups is 1. The minimum absolute atomic E-state index is 0.216. The van der Waals surface area contributed by atoms with Crippen LogP contribution in [-0.2, 0) is 9.47 Å². The summed E-state index contributed by atoms with van der Waals surface area (Å²) in [5.41, 5.74) is 1.01. The van der Waals surface area contributed by atoms with Crippen molar-refractivity contribution < 1.29 is 28.9 Å². The topological polar surface area (TPSA) is 111 Å². The van der Waals surface area contributed by atoms with Crippen LogP contribution < -0.4 is 14.8 Å². The number of hydrogen-bond donors (Lipinski definition) is 2. The summed E-state index contributed by atoms with van der Waals surface area (Å²) in [7, 11) is 1.29. The highest BCUT2D eigenvalue weighted by atomic mass is 32.1. The van der Waals surface area contributed by atoms with Gasteiger partial charge in [0.25, 0.3) is 0 Å². The van der Waals surface area contributed by atoms with Gasteiger partial charge in [-0.3, -0.25) is 0 Å². The summed E-state index contributed by atoms with van der Waals surface area (Å²) in [4.78, 5) is 18.9. The Morgan fingerprint density at radius 1 is 1.43 bits per heavy atom. The van der Waals surface area contributed by atoms with E-state index >= 15 is 0 Å². The van der Waals surface area contributed by atoms with Gasteiger partial charge < -0.3 is 29.5 Å². The van der Waals surface area contributed by atoms with E-state index in [2.05, 4.69) is 14.8 Å². The first-order valence-corrected chi connectivity index (χ1v) is 10.0. The molecule has 4 rings (SSSR count). The lowest BCUT2D eigenvalue weighted by molar-refractivity contribution is -0.0989. The van der Waals surface area contributed by atoms with E-state index in [4.69, 9.17) is 4.74 Å². The lowest BCUT2D eigenvalue weighted by atomic mass is 10.2. The summed E-state index contributed by atoms with van der Waals surface area (Å²) in [5, 5.41) is 27.2. The van der Waals surface area contributed by atoms with Crippen LogP contribution in [0.15, 0.2) is 28.7 Å². The molecule has 1 aromatic carbocycles. The monoisotopic (exact) mass is 437 g/mol. The average molecular weight is 437 g/mol. The maximum atomic E-state index is 14.8. The van der Waals surface area contributed by atoms with Gasteiger partial charge in [0, 0.05) is 17.6 Å². The van der Waals surface area contributed by atoms with Crippen LogP contribution in [0, 0.1) is 5.82 Å². The zero-order valence-electron chi connectivity index (χ0n) is 16.0. The van der Waals surface area contributed by atoms with E-state index in [9.17, 15) is 19.4 Å². The Kier molecular flexibility index (Phi) is 5.81. The van der Waals surface area contributed by atoms with Gasteiger partial charge in [-0.1, -0.05) is 0 Å². The standard InChI is InChI=1S/C18H20FN5O5S/c1-28-16(26)14-9-30-17(21-14)24-5-4-22(10-20-24)15-3-2-11(6-13(15)19)23-7-12(8-25)29-18(23)27/h2-3,6,9-10,12,18,25,27H,4-5,7-8H2,1H3/t12-,18?/m1/s1. The molecule has 160 valence electrons. The number of esters is 1. The summed E-state index contributed by atoms with van der Waals surface area (Å²) in [6.07, 6.45) is -0.254. The Morgan fingerprint density at radius 2 is 2.27 bits per heavy atom. The Morgan fingerprint density at radius 3 is 2.90 bits per heavy atom. The van der Waals surface area contributed by atoms with Crippen LogP contribution in [0.5, 0.6) is 0 Å². The molecule has 0 bridgehead atoms. The van der Waals surface area contributed by atoms with E-state index in [-0.39, 0.29) is 18.8 Å². The van der Waals surface area contributed by atoms with E-state index in [1.807, 2.05) is 0 Å². The van der Waals surface area contributed by atoms with Crippen molar-refractivity contribution in [1.82, 2.24) is 4.98 Å². The van der Waals surface area contributed by atoms with Crippen molar-refractivity contribution in [2.24, 2.45) is 5.10 Å². The molecule has 10 nitrogen and oxygen atoms in total. The highest BCUT2D eigenvalue weighted by molar-refractivity contribution is 7.13. The number of aliphatic hydroxyl groups is 2. The van der Waals surface area contributed by atoms with Crippen LogP contribution in [0.25, 0.3) is 0 Å². The van der Waals surface area contributed by atoms with Crippen LogP contribution in [0.3, 0.4) is 0 Å². The lowest BCUT2D eigenvalue weighted by Crippen LogP contribution is -2.38. The number of nitrogens with zero attached hydrogens (tertiary/aromatic N) is 5. The minimum atomic E-state index is -1.23. The van der Waals surface area contributed by atoms with Gasteiger partial charge >= 0.3 is 5.97 Å². The second-order valence-electron chi connectivity index (χ2n) is 6.61. The molecule has 0 aliphatic carbocycles. The number of ether oxygens (including phenoxy) is 2. The van der Waals surface area contributed by atoms with Gasteiger partial charge in [0.05, 0.1) is 32.5 Å². The van der Waals surface area contributed by atoms with Crippen LogP contribution in [0.2, 0.25) is 0 Å². The molecule has 2 aliphatic rings. The molecular formula is C18H20FN5O5S. The maximum absolute atomic E-state index is 14.8. The molecule has 0 spiro atoms. The van der Waals surface area contributed by atoms with Gasteiger partial charge in [-0.15, -0.1) is 11.3 Å². The molecule has 1 fully saturated rings. The summed E-state index contributed by atoms with van der Waals surface area (Å²) in [6, 6.07) is 4.59. The summed E-state index contributed by atoms with van der Waals surface area (Å²) in [6.45, 7) is 0.935. The number of rotatable bonds is 5. The number of hydrazone groups is 1. The molecule has 2 aromatic rings. The van der Waals surface area contributed by atoms with Crippen molar-refractivity contribution in [3.05, 3.63) is 35.1 Å². The van der Waals surface area contributed by atoms with E-state index in [1.165, 1.54) is 35.8 Å². The normalized spacial score (nSPS) is 21.4. The molecule has 2 aliphatic heterocycles. The van der Waals surface area contributed by atoms with Crippen molar-refractivity contribution in [2.45, 2.75) is 12.5 Å². The number of methoxy groups -OCH3 is 1. The van der Waals surface area contributed by atoms with Crippen LogP contribution >= 0.6 is 11.3 Å². The molecule has 1 saturated heterocycles. The largest absolute Gasteiger partial charge is 0.464 e. The molecular weight excluding hydrogens is 417 g/mol. The Hall–Kier alpha value is -2.80. The zero-order valence-corrected chi connectivity index (χ0v) is 16.8. The second kappa shape index (κ2) is 8.52. The molecule has 0 radical (unpaired) electrons. The molecule has 0 amide bonds. The highest BCUT2D eigenvalue weighted by Crippen LogP contribution is 2.30. The van der Waals surface area contributed by atoms with E-state index < -0.39 is 24.3 Å². The van der Waals surface area contributed by atoms with Gasteiger partial charge in [-0.2, -0.15) is 5.10 Å². The second-order valence-corrected chi connectivity index (χ2v) is 7.45. The SMILES string of the molecule is COC(=O)c1csc(N2CCN(c3ccc(N4C[C@H](CO)OC4O)cc3F)C=N2)n1. The molecule has 1 unspecified atom stereocenters. The Labute approximate surface area is 175 Å². The Bertz CT molecular complexity index is 957. The fraction of sp³-hybridized carbons (Fsp3) is 0.389. The minimum Gasteiger partial charge on any atom is -0.464 e. The summed E-state index contributed by atoms with van der Waals surface area (Å²) >= 11 is 1.27. The molecule has 2 atom stereocenters. The summed E-state index contributed by atoms with van der Waals surface area (Å²) in [5.74, 6) is -0.990. The molecule has 2 N–H and O–H groups in total.